The van der Waals surface area contributed by atoms with Crippen LogP contribution in [0, 0.1) is 0 Å². The lowest BCUT2D eigenvalue weighted by Gasteiger charge is -2.33. The first-order chi connectivity index (χ1) is 10.1. The zero-order chi connectivity index (χ0) is 15.2. The minimum Gasteiger partial charge on any atom is -0.469 e. The van der Waals surface area contributed by atoms with E-state index in [9.17, 15) is 9.59 Å². The van der Waals surface area contributed by atoms with E-state index in [1.807, 2.05) is 24.3 Å². The summed E-state index contributed by atoms with van der Waals surface area (Å²) in [6.45, 7) is 3.39. The SMILES string of the molecule is COC(=O)Cc1ccc(CN2CCN(C(=O)O)CC2)cc1. The number of nitrogens with zero attached hydrogens (tertiary/aromatic N) is 2. The number of hydrogen-bond donors (Lipinski definition) is 1. The van der Waals surface area contributed by atoms with Crippen LogP contribution in [0.3, 0.4) is 0 Å². The number of hydrogen-bond acceptors (Lipinski definition) is 4. The van der Waals surface area contributed by atoms with Gasteiger partial charge in [0.25, 0.3) is 0 Å². The second-order valence-corrected chi connectivity index (χ2v) is 5.12. The van der Waals surface area contributed by atoms with E-state index in [-0.39, 0.29) is 12.4 Å². The van der Waals surface area contributed by atoms with Crippen molar-refractivity contribution in [3.05, 3.63) is 35.4 Å². The summed E-state index contributed by atoms with van der Waals surface area (Å²) < 4.78 is 4.64. The van der Waals surface area contributed by atoms with Crippen LogP contribution in [0.2, 0.25) is 0 Å². The van der Waals surface area contributed by atoms with Crippen molar-refractivity contribution in [2.24, 2.45) is 0 Å². The minimum absolute atomic E-state index is 0.243. The lowest BCUT2D eigenvalue weighted by atomic mass is 10.1. The summed E-state index contributed by atoms with van der Waals surface area (Å²) in [5.41, 5.74) is 2.09. The molecule has 1 aliphatic heterocycles. The van der Waals surface area contributed by atoms with Gasteiger partial charge in [-0.3, -0.25) is 9.69 Å². The molecule has 1 aromatic rings. The second kappa shape index (κ2) is 7.08. The molecule has 1 fully saturated rings. The number of piperazine rings is 1. The van der Waals surface area contributed by atoms with Gasteiger partial charge in [0.05, 0.1) is 13.5 Å². The molecule has 0 spiro atoms. The van der Waals surface area contributed by atoms with Crippen LogP contribution in [0.5, 0.6) is 0 Å². The standard InChI is InChI=1S/C15H20N2O4/c1-21-14(18)10-12-2-4-13(5-3-12)11-16-6-8-17(9-7-16)15(19)20/h2-5H,6-11H2,1H3,(H,19,20). The number of carboxylic acid groups (broad SMARTS) is 1. The van der Waals surface area contributed by atoms with E-state index in [1.54, 1.807) is 0 Å². The molecule has 0 aliphatic carbocycles. The van der Waals surface area contributed by atoms with Gasteiger partial charge >= 0.3 is 12.1 Å². The van der Waals surface area contributed by atoms with Crippen molar-refractivity contribution in [3.8, 4) is 0 Å². The Balaban J connectivity index is 1.84. The number of carbonyl (C=O) groups excluding carboxylic acids is 1. The van der Waals surface area contributed by atoms with Crippen LogP contribution in [0.25, 0.3) is 0 Å². The molecule has 1 N–H and O–H groups in total. The Kier molecular flexibility index (Phi) is 5.16. The minimum atomic E-state index is -0.846. The van der Waals surface area contributed by atoms with Crippen LogP contribution in [-0.4, -0.2) is 60.3 Å². The van der Waals surface area contributed by atoms with Gasteiger partial charge in [0, 0.05) is 32.7 Å². The third-order valence-electron chi connectivity index (χ3n) is 3.65. The summed E-state index contributed by atoms with van der Waals surface area (Å²) in [5, 5.41) is 8.91. The number of esters is 1. The largest absolute Gasteiger partial charge is 0.469 e. The first-order valence-corrected chi connectivity index (χ1v) is 6.93. The molecule has 0 atom stereocenters. The molecule has 0 bridgehead atoms. The van der Waals surface area contributed by atoms with Gasteiger partial charge in [-0.2, -0.15) is 0 Å². The van der Waals surface area contributed by atoms with Crippen molar-refractivity contribution in [3.63, 3.8) is 0 Å². The van der Waals surface area contributed by atoms with Crippen LogP contribution in [-0.2, 0) is 22.5 Å². The highest BCUT2D eigenvalue weighted by Gasteiger charge is 2.20. The Morgan fingerprint density at radius 2 is 1.67 bits per heavy atom. The fourth-order valence-corrected chi connectivity index (χ4v) is 2.36. The maximum Gasteiger partial charge on any atom is 0.407 e. The molecule has 2 rings (SSSR count). The fraction of sp³-hybridized carbons (Fsp3) is 0.467. The van der Waals surface area contributed by atoms with Crippen molar-refractivity contribution in [1.29, 1.82) is 0 Å². The molecule has 114 valence electrons. The molecule has 1 saturated heterocycles. The van der Waals surface area contributed by atoms with E-state index in [2.05, 4.69) is 9.64 Å². The third-order valence-corrected chi connectivity index (χ3v) is 3.65. The topological polar surface area (TPSA) is 70.1 Å². The van der Waals surface area contributed by atoms with Crippen LogP contribution < -0.4 is 0 Å². The Bertz CT molecular complexity index is 493. The third kappa shape index (κ3) is 4.46. The molecule has 0 saturated carbocycles. The number of rotatable bonds is 4. The van der Waals surface area contributed by atoms with E-state index in [0.29, 0.717) is 13.1 Å². The molecule has 21 heavy (non-hydrogen) atoms. The van der Waals surface area contributed by atoms with Gasteiger partial charge in [0.1, 0.15) is 0 Å². The van der Waals surface area contributed by atoms with Crippen molar-refractivity contribution < 1.29 is 19.4 Å². The lowest BCUT2D eigenvalue weighted by Crippen LogP contribution is -2.47. The maximum atomic E-state index is 11.2. The molecule has 1 amide bonds. The zero-order valence-corrected chi connectivity index (χ0v) is 12.1. The van der Waals surface area contributed by atoms with Gasteiger partial charge in [0.2, 0.25) is 0 Å². The first kappa shape index (κ1) is 15.3. The van der Waals surface area contributed by atoms with Gasteiger partial charge in [-0.1, -0.05) is 24.3 Å². The molecule has 0 aromatic heterocycles. The highest BCUT2D eigenvalue weighted by atomic mass is 16.5. The van der Waals surface area contributed by atoms with Crippen LogP contribution in [0.1, 0.15) is 11.1 Å². The molecule has 6 nitrogen and oxygen atoms in total. The summed E-state index contributed by atoms with van der Waals surface area (Å²) in [4.78, 5) is 25.7. The van der Waals surface area contributed by atoms with Gasteiger partial charge < -0.3 is 14.7 Å². The quantitative estimate of drug-likeness (QED) is 0.844. The fourth-order valence-electron chi connectivity index (χ4n) is 2.36. The van der Waals surface area contributed by atoms with E-state index < -0.39 is 6.09 Å². The Morgan fingerprint density at radius 1 is 1.10 bits per heavy atom. The molecule has 0 unspecified atom stereocenters. The van der Waals surface area contributed by atoms with Crippen molar-refractivity contribution in [2.45, 2.75) is 13.0 Å². The lowest BCUT2D eigenvalue weighted by molar-refractivity contribution is -0.139. The van der Waals surface area contributed by atoms with Gasteiger partial charge in [-0.25, -0.2) is 4.79 Å². The highest BCUT2D eigenvalue weighted by Crippen LogP contribution is 2.11. The zero-order valence-electron chi connectivity index (χ0n) is 12.1. The van der Waals surface area contributed by atoms with Gasteiger partial charge in [-0.15, -0.1) is 0 Å². The van der Waals surface area contributed by atoms with Crippen molar-refractivity contribution in [2.75, 3.05) is 33.3 Å². The average Bonchev–Trinajstić information content (AvgIpc) is 2.49. The highest BCUT2D eigenvalue weighted by molar-refractivity contribution is 5.72. The molecule has 1 aliphatic rings. The molecular formula is C15H20N2O4. The second-order valence-electron chi connectivity index (χ2n) is 5.12. The number of ether oxygens (including phenoxy) is 1. The van der Waals surface area contributed by atoms with Gasteiger partial charge in [-0.05, 0) is 11.1 Å². The molecular weight excluding hydrogens is 272 g/mol. The summed E-state index contributed by atoms with van der Waals surface area (Å²) in [6, 6.07) is 7.86. The smallest absolute Gasteiger partial charge is 0.407 e. The van der Waals surface area contributed by atoms with Crippen LogP contribution in [0.15, 0.2) is 24.3 Å². The van der Waals surface area contributed by atoms with E-state index >= 15 is 0 Å². The monoisotopic (exact) mass is 292 g/mol. The summed E-state index contributed by atoms with van der Waals surface area (Å²) in [5.74, 6) is -0.243. The molecule has 1 aromatic carbocycles. The Morgan fingerprint density at radius 3 is 2.19 bits per heavy atom. The summed E-state index contributed by atoms with van der Waals surface area (Å²) in [6.07, 6.45) is -0.560. The molecule has 6 heteroatoms. The normalized spacial score (nSPS) is 15.8. The maximum absolute atomic E-state index is 11.2. The van der Waals surface area contributed by atoms with Crippen molar-refractivity contribution >= 4 is 12.1 Å². The molecule has 1 heterocycles. The summed E-state index contributed by atoms with van der Waals surface area (Å²) >= 11 is 0. The van der Waals surface area contributed by atoms with Crippen LogP contribution in [0.4, 0.5) is 4.79 Å². The predicted molar refractivity (Wildman–Crippen MR) is 77.0 cm³/mol. The van der Waals surface area contributed by atoms with E-state index in [0.717, 1.165) is 30.8 Å². The number of amides is 1. The number of benzene rings is 1. The Labute approximate surface area is 123 Å². The van der Waals surface area contributed by atoms with Crippen LogP contribution >= 0.6 is 0 Å². The van der Waals surface area contributed by atoms with E-state index in [1.165, 1.54) is 12.0 Å². The number of carbonyl (C=O) groups is 2. The summed E-state index contributed by atoms with van der Waals surface area (Å²) in [7, 11) is 1.38. The Hall–Kier alpha value is -2.08. The van der Waals surface area contributed by atoms with E-state index in [4.69, 9.17) is 5.11 Å². The van der Waals surface area contributed by atoms with Gasteiger partial charge in [0.15, 0.2) is 0 Å². The average molecular weight is 292 g/mol. The van der Waals surface area contributed by atoms with Crippen molar-refractivity contribution in [1.82, 2.24) is 9.80 Å². The first-order valence-electron chi connectivity index (χ1n) is 6.93. The molecule has 0 radical (unpaired) electrons. The number of methoxy groups -OCH3 is 1. The predicted octanol–water partition coefficient (Wildman–Crippen LogP) is 1.20.